The molecule has 0 bridgehead atoms. The van der Waals surface area contributed by atoms with Crippen molar-refractivity contribution in [2.24, 2.45) is 0 Å². The lowest BCUT2D eigenvalue weighted by Crippen LogP contribution is -2.37. The summed E-state index contributed by atoms with van der Waals surface area (Å²) in [6.45, 7) is 1.16. The fourth-order valence-corrected chi connectivity index (χ4v) is 3.77. The molecule has 0 fully saturated rings. The number of anilines is 1. The van der Waals surface area contributed by atoms with Crippen LogP contribution in [0.15, 0.2) is 59.5 Å². The zero-order chi connectivity index (χ0) is 19.2. The number of hydrogen-bond acceptors (Lipinski definition) is 6. The van der Waals surface area contributed by atoms with Crippen molar-refractivity contribution in [3.63, 3.8) is 0 Å². The topological polar surface area (TPSA) is 90.0 Å². The lowest BCUT2D eigenvalue weighted by atomic mass is 10.2. The van der Waals surface area contributed by atoms with Gasteiger partial charge in [-0.1, -0.05) is 30.3 Å². The summed E-state index contributed by atoms with van der Waals surface area (Å²) in [6, 6.07) is 13.7. The van der Waals surface area contributed by atoms with Gasteiger partial charge in [0.15, 0.2) is 0 Å². The summed E-state index contributed by atoms with van der Waals surface area (Å²) in [5, 5.41) is 0. The zero-order valence-electron chi connectivity index (χ0n) is 14.4. The predicted molar refractivity (Wildman–Crippen MR) is 95.4 cm³/mol. The van der Waals surface area contributed by atoms with Crippen molar-refractivity contribution in [3.8, 4) is 0 Å². The minimum absolute atomic E-state index is 0.0102. The van der Waals surface area contributed by atoms with E-state index in [9.17, 15) is 18.0 Å². The van der Waals surface area contributed by atoms with Crippen LogP contribution in [0.25, 0.3) is 0 Å². The first-order chi connectivity index (χ1) is 12.4. The number of nitrogens with zero attached hydrogens (tertiary/aromatic N) is 1. The van der Waals surface area contributed by atoms with Gasteiger partial charge in [-0.2, -0.15) is 0 Å². The molecule has 8 heteroatoms. The van der Waals surface area contributed by atoms with Gasteiger partial charge in [0.25, 0.3) is 10.0 Å². The second kappa shape index (κ2) is 8.48. The summed E-state index contributed by atoms with van der Waals surface area (Å²) in [7, 11) is -2.91. The average molecular weight is 377 g/mol. The van der Waals surface area contributed by atoms with Crippen LogP contribution < -0.4 is 4.31 Å². The standard InChI is InChI=1S/C18H19NO6S/c1-3-25-17(20)13-19(26(22,23)14-9-5-4-6-10-14)16-12-8-7-11-15(16)18(21)24-2/h4-12H,3,13H2,1-2H3. The molecule has 0 saturated carbocycles. The number of carbonyl (C=O) groups excluding carboxylic acids is 2. The number of hydrogen-bond donors (Lipinski definition) is 0. The maximum atomic E-state index is 13.1. The molecule has 0 aliphatic heterocycles. The Morgan fingerprint density at radius 1 is 1.00 bits per heavy atom. The highest BCUT2D eigenvalue weighted by molar-refractivity contribution is 7.92. The molecule has 0 saturated heterocycles. The molecule has 0 aliphatic rings. The normalized spacial score (nSPS) is 10.8. The van der Waals surface area contributed by atoms with Gasteiger partial charge in [-0.15, -0.1) is 0 Å². The van der Waals surface area contributed by atoms with Crippen LogP contribution in [0.2, 0.25) is 0 Å². The van der Waals surface area contributed by atoms with Crippen LogP contribution in [0.1, 0.15) is 17.3 Å². The summed E-state index contributed by atoms with van der Waals surface area (Å²) in [6.07, 6.45) is 0. The molecule has 138 valence electrons. The summed E-state index contributed by atoms with van der Waals surface area (Å²) >= 11 is 0. The maximum absolute atomic E-state index is 13.1. The van der Waals surface area contributed by atoms with E-state index in [0.29, 0.717) is 0 Å². The quantitative estimate of drug-likeness (QED) is 0.688. The molecule has 0 aromatic heterocycles. The largest absolute Gasteiger partial charge is 0.465 e. The lowest BCUT2D eigenvalue weighted by molar-refractivity contribution is -0.141. The van der Waals surface area contributed by atoms with Gasteiger partial charge in [-0.25, -0.2) is 13.2 Å². The smallest absolute Gasteiger partial charge is 0.340 e. The van der Waals surface area contributed by atoms with Gasteiger partial charge in [0.05, 0.1) is 29.9 Å². The van der Waals surface area contributed by atoms with Crippen LogP contribution in [-0.4, -0.2) is 40.6 Å². The average Bonchev–Trinajstić information content (AvgIpc) is 2.66. The maximum Gasteiger partial charge on any atom is 0.340 e. The first kappa shape index (κ1) is 19.5. The fraction of sp³-hybridized carbons (Fsp3) is 0.222. The van der Waals surface area contributed by atoms with E-state index in [0.717, 1.165) is 4.31 Å². The van der Waals surface area contributed by atoms with E-state index in [2.05, 4.69) is 0 Å². The minimum atomic E-state index is -4.11. The summed E-state index contributed by atoms with van der Waals surface area (Å²) < 4.78 is 36.7. The van der Waals surface area contributed by atoms with Gasteiger partial charge < -0.3 is 9.47 Å². The minimum Gasteiger partial charge on any atom is -0.465 e. The fourth-order valence-electron chi connectivity index (χ4n) is 2.32. The molecule has 0 heterocycles. The summed E-state index contributed by atoms with van der Waals surface area (Å²) in [4.78, 5) is 24.1. The predicted octanol–water partition coefficient (Wildman–Crippen LogP) is 2.23. The Bertz CT molecular complexity index is 880. The van der Waals surface area contributed by atoms with Crippen LogP contribution in [0.4, 0.5) is 5.69 Å². The van der Waals surface area contributed by atoms with Crippen LogP contribution >= 0.6 is 0 Å². The number of rotatable bonds is 7. The zero-order valence-corrected chi connectivity index (χ0v) is 15.2. The third kappa shape index (κ3) is 4.20. The van der Waals surface area contributed by atoms with Gasteiger partial charge in [-0.3, -0.25) is 9.10 Å². The Morgan fingerprint density at radius 2 is 1.62 bits per heavy atom. The first-order valence-electron chi connectivity index (χ1n) is 7.82. The van der Waals surface area contributed by atoms with Crippen molar-refractivity contribution in [1.82, 2.24) is 0 Å². The van der Waals surface area contributed by atoms with Crippen LogP contribution in [-0.2, 0) is 24.3 Å². The van der Waals surface area contributed by atoms with Crippen molar-refractivity contribution >= 4 is 27.6 Å². The molecule has 0 unspecified atom stereocenters. The summed E-state index contributed by atoms with van der Waals surface area (Å²) in [5.41, 5.74) is 0.0649. The van der Waals surface area contributed by atoms with E-state index in [1.54, 1.807) is 37.3 Å². The Morgan fingerprint density at radius 3 is 2.23 bits per heavy atom. The highest BCUT2D eigenvalue weighted by Crippen LogP contribution is 2.27. The number of para-hydroxylation sites is 1. The molecule has 0 atom stereocenters. The van der Waals surface area contributed by atoms with Crippen LogP contribution in [0.5, 0.6) is 0 Å². The summed E-state index contributed by atoms with van der Waals surface area (Å²) in [5.74, 6) is -1.44. The van der Waals surface area contributed by atoms with Gasteiger partial charge in [0.1, 0.15) is 6.54 Å². The Kier molecular flexibility index (Phi) is 6.35. The first-order valence-corrected chi connectivity index (χ1v) is 9.26. The number of sulfonamides is 1. The molecule has 2 aromatic carbocycles. The molecule has 0 spiro atoms. The van der Waals surface area contributed by atoms with E-state index >= 15 is 0 Å². The molecule has 2 aromatic rings. The molecule has 2 rings (SSSR count). The number of methoxy groups -OCH3 is 1. The van der Waals surface area contributed by atoms with Crippen molar-refractivity contribution in [2.45, 2.75) is 11.8 Å². The van der Waals surface area contributed by atoms with E-state index in [1.807, 2.05) is 0 Å². The Labute approximate surface area is 152 Å². The van der Waals surface area contributed by atoms with Crippen LogP contribution in [0.3, 0.4) is 0 Å². The van der Waals surface area contributed by atoms with Crippen molar-refractivity contribution in [1.29, 1.82) is 0 Å². The molecule has 7 nitrogen and oxygen atoms in total. The number of esters is 2. The highest BCUT2D eigenvalue weighted by Gasteiger charge is 2.30. The van der Waals surface area contributed by atoms with Gasteiger partial charge in [0.2, 0.25) is 0 Å². The van der Waals surface area contributed by atoms with E-state index in [-0.39, 0.29) is 22.8 Å². The van der Waals surface area contributed by atoms with Crippen molar-refractivity contribution in [2.75, 3.05) is 24.6 Å². The molecule has 0 amide bonds. The number of carbonyl (C=O) groups is 2. The molecule has 0 radical (unpaired) electrons. The van der Waals surface area contributed by atoms with Crippen molar-refractivity contribution in [3.05, 3.63) is 60.2 Å². The molecular weight excluding hydrogens is 358 g/mol. The van der Waals surface area contributed by atoms with Gasteiger partial charge in [-0.05, 0) is 31.2 Å². The van der Waals surface area contributed by atoms with Crippen LogP contribution in [0, 0.1) is 0 Å². The molecule has 26 heavy (non-hydrogen) atoms. The van der Waals surface area contributed by atoms with Gasteiger partial charge in [0, 0.05) is 0 Å². The third-order valence-electron chi connectivity index (χ3n) is 3.49. The second-order valence-corrected chi connectivity index (χ2v) is 7.00. The third-order valence-corrected chi connectivity index (χ3v) is 5.26. The SMILES string of the molecule is CCOC(=O)CN(c1ccccc1C(=O)OC)S(=O)(=O)c1ccccc1. The van der Waals surface area contributed by atoms with E-state index in [1.165, 1.54) is 31.4 Å². The monoisotopic (exact) mass is 377 g/mol. The number of ether oxygens (including phenoxy) is 2. The van der Waals surface area contributed by atoms with Crippen molar-refractivity contribution < 1.29 is 27.5 Å². The molecular formula is C18H19NO6S. The lowest BCUT2D eigenvalue weighted by Gasteiger charge is -2.25. The molecule has 0 aliphatic carbocycles. The Hall–Kier alpha value is -2.87. The highest BCUT2D eigenvalue weighted by atomic mass is 32.2. The van der Waals surface area contributed by atoms with E-state index in [4.69, 9.17) is 9.47 Å². The molecule has 0 N–H and O–H groups in total. The Balaban J connectivity index is 2.60. The van der Waals surface area contributed by atoms with E-state index < -0.39 is 28.5 Å². The second-order valence-electron chi connectivity index (χ2n) is 5.14. The number of benzene rings is 2. The van der Waals surface area contributed by atoms with Gasteiger partial charge >= 0.3 is 11.9 Å².